The average Bonchev–Trinajstić information content (AvgIpc) is 2.30. The van der Waals surface area contributed by atoms with Crippen molar-refractivity contribution in [2.45, 2.75) is 18.5 Å². The van der Waals surface area contributed by atoms with Crippen LogP contribution in [0.3, 0.4) is 0 Å². The summed E-state index contributed by atoms with van der Waals surface area (Å²) in [6.07, 6.45) is -1.20. The standard InChI is InChI=1S/C6H6O5S/c1-2(7)3-5(10)12-6(11-3)4(8)9/h3,6H,1H3,(H,8,9)/t3-,6+/m0/s1. The van der Waals surface area contributed by atoms with E-state index in [1.54, 1.807) is 0 Å². The van der Waals surface area contributed by atoms with Crippen LogP contribution in [0.25, 0.3) is 0 Å². The second-order valence-corrected chi connectivity index (χ2v) is 3.30. The number of carbonyl (C=O) groups excluding carboxylic acids is 2. The minimum absolute atomic E-state index is 0.462. The Kier molecular flexibility index (Phi) is 2.49. The first-order valence-corrected chi connectivity index (χ1v) is 3.99. The molecule has 6 heteroatoms. The quantitative estimate of drug-likeness (QED) is 0.599. The number of hydrogen-bond acceptors (Lipinski definition) is 5. The van der Waals surface area contributed by atoms with Gasteiger partial charge < -0.3 is 9.84 Å². The third kappa shape index (κ3) is 1.64. The number of Topliss-reactive ketones (excluding diaryl/α,β-unsaturated/α-hetero) is 1. The largest absolute Gasteiger partial charge is 0.479 e. The van der Waals surface area contributed by atoms with Crippen LogP contribution in [-0.2, 0) is 19.1 Å². The average molecular weight is 190 g/mol. The van der Waals surface area contributed by atoms with Crippen LogP contribution in [0.2, 0.25) is 0 Å². The lowest BCUT2D eigenvalue weighted by Crippen LogP contribution is -2.26. The van der Waals surface area contributed by atoms with Gasteiger partial charge in [-0.05, 0) is 18.7 Å². The van der Waals surface area contributed by atoms with Gasteiger partial charge >= 0.3 is 5.97 Å². The Morgan fingerprint density at radius 1 is 1.58 bits per heavy atom. The molecule has 5 nitrogen and oxygen atoms in total. The summed E-state index contributed by atoms with van der Waals surface area (Å²) in [5, 5.41) is 7.89. The van der Waals surface area contributed by atoms with Crippen molar-refractivity contribution >= 4 is 28.6 Å². The van der Waals surface area contributed by atoms with Crippen LogP contribution in [0.15, 0.2) is 0 Å². The highest BCUT2D eigenvalue weighted by atomic mass is 32.2. The summed E-state index contributed by atoms with van der Waals surface area (Å²) < 4.78 is 4.66. The fourth-order valence-electron chi connectivity index (χ4n) is 0.745. The number of rotatable bonds is 2. The van der Waals surface area contributed by atoms with Crippen LogP contribution in [0.1, 0.15) is 6.92 Å². The van der Waals surface area contributed by atoms with Crippen molar-refractivity contribution < 1.29 is 24.2 Å². The summed E-state index contributed by atoms with van der Waals surface area (Å²) >= 11 is 0.529. The van der Waals surface area contributed by atoms with Crippen molar-refractivity contribution in [3.8, 4) is 0 Å². The molecule has 1 fully saturated rings. The smallest absolute Gasteiger partial charge is 0.343 e. The van der Waals surface area contributed by atoms with Gasteiger partial charge in [-0.3, -0.25) is 9.59 Å². The molecule has 2 atom stereocenters. The fraction of sp³-hybridized carbons (Fsp3) is 0.500. The lowest BCUT2D eigenvalue weighted by atomic mass is 10.3. The van der Waals surface area contributed by atoms with Crippen molar-refractivity contribution in [1.29, 1.82) is 0 Å². The van der Waals surface area contributed by atoms with Crippen molar-refractivity contribution in [2.75, 3.05) is 0 Å². The van der Waals surface area contributed by atoms with Gasteiger partial charge in [0.1, 0.15) is 0 Å². The summed E-state index contributed by atoms with van der Waals surface area (Å²) in [6, 6.07) is 0. The van der Waals surface area contributed by atoms with E-state index in [4.69, 9.17) is 5.11 Å². The molecule has 12 heavy (non-hydrogen) atoms. The van der Waals surface area contributed by atoms with Gasteiger partial charge in [0.2, 0.25) is 10.6 Å². The van der Waals surface area contributed by atoms with Crippen molar-refractivity contribution in [3.63, 3.8) is 0 Å². The first-order valence-electron chi connectivity index (χ1n) is 3.11. The van der Waals surface area contributed by atoms with E-state index in [1.807, 2.05) is 0 Å². The molecule has 0 bridgehead atoms. The third-order valence-corrected chi connectivity index (χ3v) is 2.24. The molecule has 1 aliphatic heterocycles. The third-order valence-electron chi connectivity index (χ3n) is 1.27. The minimum Gasteiger partial charge on any atom is -0.479 e. The second kappa shape index (κ2) is 3.24. The summed E-state index contributed by atoms with van der Waals surface area (Å²) in [5.41, 5.74) is -1.23. The predicted molar refractivity (Wildman–Crippen MR) is 39.6 cm³/mol. The first kappa shape index (κ1) is 9.21. The number of thioether (sulfide) groups is 1. The normalized spacial score (nSPS) is 28.9. The highest BCUT2D eigenvalue weighted by molar-refractivity contribution is 8.15. The lowest BCUT2D eigenvalue weighted by molar-refractivity contribution is -0.149. The summed E-state index contributed by atoms with van der Waals surface area (Å²) in [6.45, 7) is 1.19. The van der Waals surface area contributed by atoms with Crippen LogP contribution in [0.5, 0.6) is 0 Å². The van der Waals surface area contributed by atoms with Gasteiger partial charge in [-0.2, -0.15) is 0 Å². The second-order valence-electron chi connectivity index (χ2n) is 2.23. The van der Waals surface area contributed by atoms with E-state index in [9.17, 15) is 14.4 Å². The molecule has 0 amide bonds. The van der Waals surface area contributed by atoms with E-state index < -0.39 is 28.4 Å². The molecular weight excluding hydrogens is 184 g/mol. The zero-order valence-corrected chi connectivity index (χ0v) is 6.96. The fourth-order valence-corrected chi connectivity index (χ4v) is 1.57. The molecule has 0 spiro atoms. The van der Waals surface area contributed by atoms with Gasteiger partial charge in [-0.1, -0.05) is 0 Å². The van der Waals surface area contributed by atoms with Gasteiger partial charge in [0.15, 0.2) is 11.9 Å². The summed E-state index contributed by atoms with van der Waals surface area (Å²) in [5.74, 6) is -1.70. The maximum atomic E-state index is 10.9. The Bertz CT molecular complexity index is 248. The van der Waals surface area contributed by atoms with Crippen molar-refractivity contribution in [1.82, 2.24) is 0 Å². The Morgan fingerprint density at radius 3 is 2.42 bits per heavy atom. The monoisotopic (exact) mass is 190 g/mol. The van der Waals surface area contributed by atoms with Gasteiger partial charge in [0.25, 0.3) is 0 Å². The summed E-state index contributed by atoms with van der Waals surface area (Å²) in [4.78, 5) is 31.9. The van der Waals surface area contributed by atoms with E-state index in [-0.39, 0.29) is 0 Å². The maximum absolute atomic E-state index is 10.9. The maximum Gasteiger partial charge on any atom is 0.343 e. The van der Waals surface area contributed by atoms with Crippen LogP contribution in [0.4, 0.5) is 0 Å². The highest BCUT2D eigenvalue weighted by Gasteiger charge is 2.41. The van der Waals surface area contributed by atoms with E-state index in [1.165, 1.54) is 6.92 Å². The first-order chi connectivity index (χ1) is 5.52. The molecule has 0 aromatic carbocycles. The van der Waals surface area contributed by atoms with Crippen LogP contribution >= 0.6 is 11.8 Å². The van der Waals surface area contributed by atoms with Crippen LogP contribution in [0, 0.1) is 0 Å². The molecule has 1 heterocycles. The molecular formula is C6H6O5S. The Labute approximate surface area is 72.1 Å². The molecule has 0 unspecified atom stereocenters. The Morgan fingerprint density at radius 2 is 2.17 bits per heavy atom. The van der Waals surface area contributed by atoms with Crippen molar-refractivity contribution in [2.24, 2.45) is 0 Å². The molecule has 1 N–H and O–H groups in total. The number of ether oxygens (including phenoxy) is 1. The Balaban J connectivity index is 2.68. The van der Waals surface area contributed by atoms with E-state index >= 15 is 0 Å². The number of carbonyl (C=O) groups is 3. The molecule has 1 aliphatic rings. The molecule has 0 aromatic rings. The van der Waals surface area contributed by atoms with Gasteiger partial charge in [0, 0.05) is 0 Å². The zero-order chi connectivity index (χ0) is 9.30. The predicted octanol–water partition coefficient (Wildman–Crippen LogP) is -0.355. The number of carboxylic acid groups (broad SMARTS) is 1. The van der Waals surface area contributed by atoms with Gasteiger partial charge in [-0.25, -0.2) is 4.79 Å². The molecule has 0 saturated carbocycles. The number of aliphatic carboxylic acids is 1. The number of hydrogen-bond donors (Lipinski definition) is 1. The highest BCUT2D eigenvalue weighted by Crippen LogP contribution is 2.27. The minimum atomic E-state index is -1.24. The SMILES string of the molecule is CC(=O)[C@@H]1O[C@@H](C(=O)O)SC1=O. The van der Waals surface area contributed by atoms with Gasteiger partial charge in [0.05, 0.1) is 0 Å². The number of ketones is 1. The van der Waals surface area contributed by atoms with E-state index in [0.717, 1.165) is 0 Å². The molecule has 0 aliphatic carbocycles. The molecule has 0 aromatic heterocycles. The van der Waals surface area contributed by atoms with Crippen LogP contribution in [-0.4, -0.2) is 33.5 Å². The topological polar surface area (TPSA) is 80.7 Å². The molecule has 1 saturated heterocycles. The summed E-state index contributed by atoms with van der Waals surface area (Å²) in [7, 11) is 0. The zero-order valence-electron chi connectivity index (χ0n) is 6.14. The number of carboxylic acids is 1. The molecule has 66 valence electrons. The molecule has 0 radical (unpaired) electrons. The van der Waals surface area contributed by atoms with Gasteiger partial charge in [-0.15, -0.1) is 0 Å². The van der Waals surface area contributed by atoms with Crippen LogP contribution < -0.4 is 0 Å². The Hall–Kier alpha value is -0.880. The van der Waals surface area contributed by atoms with Crippen molar-refractivity contribution in [3.05, 3.63) is 0 Å². The van der Waals surface area contributed by atoms with E-state index in [0.29, 0.717) is 11.8 Å². The molecule has 1 rings (SSSR count). The van der Waals surface area contributed by atoms with E-state index in [2.05, 4.69) is 4.74 Å². The lowest BCUT2D eigenvalue weighted by Gasteiger charge is -2.02.